The fraction of sp³-hybridized carbons (Fsp3) is 0.176. The van der Waals surface area contributed by atoms with E-state index in [1.807, 2.05) is 36.6 Å². The van der Waals surface area contributed by atoms with Gasteiger partial charge in [-0.3, -0.25) is 0 Å². The Kier molecular flexibility index (Phi) is 4.86. The standard InChI is InChI=1S/C17H15N5O2S/c1-24-17(23)13-8-14-20-16(25-2)12(9-18)15(22(14)21-13)19-10-11-6-4-3-5-7-11/h3-8,19H,10H2,1-2H3. The molecule has 0 saturated heterocycles. The van der Waals surface area contributed by atoms with Crippen LogP contribution in [0.15, 0.2) is 41.4 Å². The lowest BCUT2D eigenvalue weighted by atomic mass is 10.2. The van der Waals surface area contributed by atoms with Crippen molar-refractivity contribution in [1.82, 2.24) is 14.6 Å². The molecule has 0 saturated carbocycles. The maximum absolute atomic E-state index is 11.8. The second-order valence-corrected chi connectivity index (χ2v) is 5.88. The fourth-order valence-corrected chi connectivity index (χ4v) is 2.91. The number of carbonyl (C=O) groups excluding carboxylic acids is 1. The van der Waals surface area contributed by atoms with E-state index in [-0.39, 0.29) is 5.69 Å². The number of nitrogens with zero attached hydrogens (tertiary/aromatic N) is 4. The van der Waals surface area contributed by atoms with E-state index >= 15 is 0 Å². The molecule has 0 fully saturated rings. The molecule has 0 atom stereocenters. The Bertz CT molecular complexity index is 963. The normalized spacial score (nSPS) is 10.4. The molecule has 3 rings (SSSR count). The van der Waals surface area contributed by atoms with Crippen molar-refractivity contribution in [2.24, 2.45) is 0 Å². The van der Waals surface area contributed by atoms with Crippen LogP contribution in [0.4, 0.5) is 5.82 Å². The van der Waals surface area contributed by atoms with E-state index in [0.29, 0.717) is 28.6 Å². The summed E-state index contributed by atoms with van der Waals surface area (Å²) < 4.78 is 6.18. The summed E-state index contributed by atoms with van der Waals surface area (Å²) in [6, 6.07) is 13.5. The summed E-state index contributed by atoms with van der Waals surface area (Å²) in [5.41, 5.74) is 2.05. The van der Waals surface area contributed by atoms with Crippen LogP contribution >= 0.6 is 11.8 Å². The molecule has 0 aliphatic rings. The summed E-state index contributed by atoms with van der Waals surface area (Å²) in [4.78, 5) is 16.2. The Morgan fingerprint density at radius 2 is 2.16 bits per heavy atom. The van der Waals surface area contributed by atoms with Gasteiger partial charge in [0.25, 0.3) is 0 Å². The molecule has 0 amide bonds. The molecule has 7 nitrogen and oxygen atoms in total. The summed E-state index contributed by atoms with van der Waals surface area (Å²) in [6.45, 7) is 0.510. The third-order valence-electron chi connectivity index (χ3n) is 3.57. The number of hydrogen-bond donors (Lipinski definition) is 1. The number of rotatable bonds is 5. The molecule has 0 aliphatic carbocycles. The topological polar surface area (TPSA) is 92.3 Å². The van der Waals surface area contributed by atoms with Crippen LogP contribution in [0.3, 0.4) is 0 Å². The monoisotopic (exact) mass is 353 g/mol. The average molecular weight is 353 g/mol. The molecular formula is C17H15N5O2S. The number of carbonyl (C=O) groups is 1. The SMILES string of the molecule is COC(=O)c1cc2nc(SC)c(C#N)c(NCc3ccccc3)n2n1. The molecule has 8 heteroatoms. The maximum atomic E-state index is 11.8. The van der Waals surface area contributed by atoms with Gasteiger partial charge in [-0.05, 0) is 11.8 Å². The molecule has 0 radical (unpaired) electrons. The molecule has 2 heterocycles. The van der Waals surface area contributed by atoms with Gasteiger partial charge in [0.1, 0.15) is 16.7 Å². The second-order valence-electron chi connectivity index (χ2n) is 5.09. The van der Waals surface area contributed by atoms with Crippen molar-refractivity contribution in [3.63, 3.8) is 0 Å². The Morgan fingerprint density at radius 3 is 2.80 bits per heavy atom. The lowest BCUT2D eigenvalue weighted by Gasteiger charge is -2.12. The van der Waals surface area contributed by atoms with Crippen LogP contribution in [-0.4, -0.2) is 33.9 Å². The fourth-order valence-electron chi connectivity index (χ4n) is 2.38. The summed E-state index contributed by atoms with van der Waals surface area (Å²) in [7, 11) is 1.29. The van der Waals surface area contributed by atoms with E-state index in [1.165, 1.54) is 23.4 Å². The van der Waals surface area contributed by atoms with Crippen molar-refractivity contribution in [2.45, 2.75) is 11.6 Å². The smallest absolute Gasteiger partial charge is 0.358 e. The number of benzene rings is 1. The number of thioether (sulfide) groups is 1. The van der Waals surface area contributed by atoms with Gasteiger partial charge in [-0.15, -0.1) is 11.8 Å². The molecule has 25 heavy (non-hydrogen) atoms. The molecule has 0 spiro atoms. The van der Waals surface area contributed by atoms with Gasteiger partial charge in [-0.1, -0.05) is 30.3 Å². The number of methoxy groups -OCH3 is 1. The van der Waals surface area contributed by atoms with Crippen molar-refractivity contribution < 1.29 is 9.53 Å². The first-order valence-corrected chi connectivity index (χ1v) is 8.64. The largest absolute Gasteiger partial charge is 0.464 e. The van der Waals surface area contributed by atoms with Crippen LogP contribution < -0.4 is 5.32 Å². The number of nitriles is 1. The number of hydrogen-bond acceptors (Lipinski definition) is 7. The highest BCUT2D eigenvalue weighted by Gasteiger charge is 2.19. The highest BCUT2D eigenvalue weighted by atomic mass is 32.2. The van der Waals surface area contributed by atoms with Gasteiger partial charge in [0.05, 0.1) is 7.11 Å². The molecule has 0 bridgehead atoms. The van der Waals surface area contributed by atoms with E-state index < -0.39 is 5.97 Å². The zero-order valence-electron chi connectivity index (χ0n) is 13.7. The Balaban J connectivity index is 2.10. The van der Waals surface area contributed by atoms with E-state index in [0.717, 1.165) is 5.56 Å². The van der Waals surface area contributed by atoms with Crippen molar-refractivity contribution in [2.75, 3.05) is 18.7 Å². The Hall–Kier alpha value is -3.05. The van der Waals surface area contributed by atoms with Gasteiger partial charge >= 0.3 is 5.97 Å². The van der Waals surface area contributed by atoms with Crippen LogP contribution in [0.2, 0.25) is 0 Å². The van der Waals surface area contributed by atoms with E-state index in [2.05, 4.69) is 21.5 Å². The number of anilines is 1. The highest BCUT2D eigenvalue weighted by molar-refractivity contribution is 7.98. The number of ether oxygens (including phenoxy) is 1. The molecular weight excluding hydrogens is 338 g/mol. The van der Waals surface area contributed by atoms with Gasteiger partial charge in [-0.25, -0.2) is 9.78 Å². The lowest BCUT2D eigenvalue weighted by molar-refractivity contribution is 0.0593. The van der Waals surface area contributed by atoms with E-state index in [1.54, 1.807) is 6.07 Å². The third-order valence-corrected chi connectivity index (χ3v) is 4.25. The Labute approximate surface area is 148 Å². The Morgan fingerprint density at radius 1 is 1.40 bits per heavy atom. The minimum atomic E-state index is -0.552. The van der Waals surface area contributed by atoms with Crippen LogP contribution in [-0.2, 0) is 11.3 Å². The van der Waals surface area contributed by atoms with Crippen LogP contribution in [0.25, 0.3) is 5.65 Å². The lowest BCUT2D eigenvalue weighted by Crippen LogP contribution is -2.10. The second kappa shape index (κ2) is 7.23. The molecule has 1 N–H and O–H groups in total. The van der Waals surface area contributed by atoms with Crippen molar-refractivity contribution in [3.8, 4) is 6.07 Å². The van der Waals surface area contributed by atoms with Gasteiger partial charge in [0.2, 0.25) is 0 Å². The van der Waals surface area contributed by atoms with Crippen LogP contribution in [0, 0.1) is 11.3 Å². The molecule has 126 valence electrons. The minimum absolute atomic E-state index is 0.139. The summed E-state index contributed by atoms with van der Waals surface area (Å²) in [5, 5.41) is 17.6. The highest BCUT2D eigenvalue weighted by Crippen LogP contribution is 2.27. The van der Waals surface area contributed by atoms with Gasteiger partial charge in [0, 0.05) is 12.6 Å². The first-order valence-electron chi connectivity index (χ1n) is 7.42. The summed E-state index contributed by atoms with van der Waals surface area (Å²) in [6.07, 6.45) is 1.85. The first kappa shape index (κ1) is 16.8. The van der Waals surface area contributed by atoms with Crippen molar-refractivity contribution in [3.05, 3.63) is 53.2 Å². The van der Waals surface area contributed by atoms with Gasteiger partial charge < -0.3 is 10.1 Å². The van der Waals surface area contributed by atoms with Gasteiger partial charge in [-0.2, -0.15) is 14.9 Å². The number of esters is 1. The molecule has 2 aromatic heterocycles. The first-order chi connectivity index (χ1) is 12.2. The molecule has 0 aliphatic heterocycles. The summed E-state index contributed by atoms with van der Waals surface area (Å²) >= 11 is 1.36. The number of fused-ring (bicyclic) bond motifs is 1. The van der Waals surface area contributed by atoms with Crippen LogP contribution in [0.5, 0.6) is 0 Å². The summed E-state index contributed by atoms with van der Waals surface area (Å²) in [5.74, 6) is -0.0559. The predicted molar refractivity (Wildman–Crippen MR) is 94.6 cm³/mol. The predicted octanol–water partition coefficient (Wildman–Crippen LogP) is 2.72. The number of aromatic nitrogens is 3. The van der Waals surface area contributed by atoms with E-state index in [4.69, 9.17) is 4.74 Å². The van der Waals surface area contributed by atoms with E-state index in [9.17, 15) is 10.1 Å². The molecule has 1 aromatic carbocycles. The number of nitrogens with one attached hydrogen (secondary N) is 1. The molecule has 3 aromatic rings. The van der Waals surface area contributed by atoms with Crippen molar-refractivity contribution >= 4 is 29.2 Å². The quantitative estimate of drug-likeness (QED) is 0.428. The van der Waals surface area contributed by atoms with Crippen molar-refractivity contribution in [1.29, 1.82) is 5.26 Å². The third kappa shape index (κ3) is 3.27. The maximum Gasteiger partial charge on any atom is 0.358 e. The zero-order chi connectivity index (χ0) is 17.8. The van der Waals surface area contributed by atoms with Crippen LogP contribution in [0.1, 0.15) is 21.6 Å². The van der Waals surface area contributed by atoms with Gasteiger partial charge in [0.15, 0.2) is 17.2 Å². The zero-order valence-corrected chi connectivity index (χ0v) is 14.5. The minimum Gasteiger partial charge on any atom is -0.464 e. The molecule has 0 unspecified atom stereocenters. The average Bonchev–Trinajstić information content (AvgIpc) is 3.09.